The molecule has 0 bridgehead atoms. The molecule has 0 N–H and O–H groups in total. The number of halogens is 1. The van der Waals surface area contributed by atoms with Crippen molar-refractivity contribution in [3.05, 3.63) is 65.5 Å². The van der Waals surface area contributed by atoms with Crippen molar-refractivity contribution in [1.29, 1.82) is 0 Å². The van der Waals surface area contributed by atoms with E-state index in [1.54, 1.807) is 24.3 Å². The van der Waals surface area contributed by atoms with E-state index >= 15 is 0 Å². The van der Waals surface area contributed by atoms with Crippen molar-refractivity contribution in [2.24, 2.45) is 0 Å². The Morgan fingerprint density at radius 3 is 2.30 bits per heavy atom. The molecule has 0 radical (unpaired) electrons. The summed E-state index contributed by atoms with van der Waals surface area (Å²) in [6, 6.07) is 12.9. The van der Waals surface area contributed by atoms with E-state index in [4.69, 9.17) is 4.43 Å². The molecule has 0 atom stereocenters. The fourth-order valence-electron chi connectivity index (χ4n) is 1.84. The summed E-state index contributed by atoms with van der Waals surface area (Å²) >= 11 is 0. The molecule has 0 amide bonds. The van der Waals surface area contributed by atoms with E-state index in [9.17, 15) is 9.18 Å². The van der Waals surface area contributed by atoms with Crippen LogP contribution < -0.4 is 4.43 Å². The Balaban J connectivity index is 2.44. The number of carbonyl (C=O) groups excluding carboxylic acids is 1. The number of ketones is 1. The van der Waals surface area contributed by atoms with Gasteiger partial charge in [0.05, 0.1) is 5.56 Å². The van der Waals surface area contributed by atoms with Crippen LogP contribution in [0.5, 0.6) is 5.75 Å². The van der Waals surface area contributed by atoms with Crippen molar-refractivity contribution >= 4 is 14.1 Å². The molecule has 0 unspecified atom stereocenters. The van der Waals surface area contributed by atoms with Gasteiger partial charge >= 0.3 is 0 Å². The average molecular weight is 288 g/mol. The maximum atomic E-state index is 13.5. The fraction of sp³-hybridized carbons (Fsp3) is 0.188. The molecule has 0 spiro atoms. The van der Waals surface area contributed by atoms with Gasteiger partial charge in [-0.25, -0.2) is 4.39 Å². The summed E-state index contributed by atoms with van der Waals surface area (Å²) in [5, 5.41) is 0. The van der Waals surface area contributed by atoms with Crippen LogP contribution in [0.15, 0.2) is 48.5 Å². The maximum absolute atomic E-state index is 13.5. The van der Waals surface area contributed by atoms with Gasteiger partial charge in [0.25, 0.3) is 0 Å². The highest BCUT2D eigenvalue weighted by Crippen LogP contribution is 2.25. The first-order valence-electron chi connectivity index (χ1n) is 6.45. The minimum absolute atomic E-state index is 0.224. The summed E-state index contributed by atoms with van der Waals surface area (Å²) in [5.74, 6) is -0.204. The maximum Gasteiger partial charge on any atom is 0.242 e. The van der Waals surface area contributed by atoms with E-state index < -0.39 is 14.1 Å². The van der Waals surface area contributed by atoms with E-state index in [1.807, 2.05) is 25.7 Å². The lowest BCUT2D eigenvalue weighted by Gasteiger charge is -2.21. The highest BCUT2D eigenvalue weighted by atomic mass is 28.4. The Labute approximate surface area is 119 Å². The second kappa shape index (κ2) is 5.59. The summed E-state index contributed by atoms with van der Waals surface area (Å²) < 4.78 is 19.3. The van der Waals surface area contributed by atoms with Gasteiger partial charge in [-0.05, 0) is 37.8 Å². The Morgan fingerprint density at radius 2 is 1.70 bits per heavy atom. The molecule has 0 aliphatic heterocycles. The topological polar surface area (TPSA) is 26.3 Å². The second-order valence-electron chi connectivity index (χ2n) is 5.55. The highest BCUT2D eigenvalue weighted by molar-refractivity contribution is 6.70. The first-order chi connectivity index (χ1) is 9.37. The van der Waals surface area contributed by atoms with Gasteiger partial charge in [-0.2, -0.15) is 0 Å². The van der Waals surface area contributed by atoms with E-state index in [2.05, 4.69) is 0 Å². The largest absolute Gasteiger partial charge is 0.544 e. The average Bonchev–Trinajstić information content (AvgIpc) is 2.39. The predicted molar refractivity (Wildman–Crippen MR) is 80.2 cm³/mol. The minimum atomic E-state index is -1.87. The normalized spacial score (nSPS) is 11.2. The van der Waals surface area contributed by atoms with Gasteiger partial charge in [0.15, 0.2) is 5.78 Å². The van der Waals surface area contributed by atoms with Crippen molar-refractivity contribution in [1.82, 2.24) is 0 Å². The third kappa shape index (κ3) is 3.54. The molecular formula is C16H17FO2Si. The predicted octanol–water partition coefficient (Wildman–Crippen LogP) is 4.27. The van der Waals surface area contributed by atoms with Crippen LogP contribution in [0.1, 0.15) is 15.9 Å². The Bertz CT molecular complexity index is 618. The Morgan fingerprint density at radius 1 is 1.05 bits per heavy atom. The third-order valence-corrected chi connectivity index (χ3v) is 3.47. The van der Waals surface area contributed by atoms with Gasteiger partial charge in [-0.1, -0.05) is 30.3 Å². The zero-order valence-corrected chi connectivity index (χ0v) is 12.8. The fourth-order valence-corrected chi connectivity index (χ4v) is 2.68. The highest BCUT2D eigenvalue weighted by Gasteiger charge is 2.21. The molecule has 2 rings (SSSR count). The van der Waals surface area contributed by atoms with Crippen LogP contribution in [0.3, 0.4) is 0 Å². The van der Waals surface area contributed by atoms with Crippen molar-refractivity contribution in [2.45, 2.75) is 19.6 Å². The SMILES string of the molecule is C[Si](C)(C)Oc1ccc(F)cc1C(=O)c1ccccc1. The lowest BCUT2D eigenvalue weighted by atomic mass is 10.0. The Hall–Kier alpha value is -1.94. The van der Waals surface area contributed by atoms with Crippen molar-refractivity contribution < 1.29 is 13.6 Å². The quantitative estimate of drug-likeness (QED) is 0.620. The molecule has 0 aliphatic carbocycles. The van der Waals surface area contributed by atoms with Crippen LogP contribution in [-0.4, -0.2) is 14.1 Å². The van der Waals surface area contributed by atoms with Crippen LogP contribution in [0, 0.1) is 5.82 Å². The molecule has 0 saturated carbocycles. The molecule has 0 aliphatic rings. The Kier molecular flexibility index (Phi) is 4.04. The van der Waals surface area contributed by atoms with E-state index in [0.29, 0.717) is 11.3 Å². The summed E-state index contributed by atoms with van der Waals surface area (Å²) in [7, 11) is -1.87. The third-order valence-electron chi connectivity index (χ3n) is 2.64. The lowest BCUT2D eigenvalue weighted by molar-refractivity contribution is 0.103. The summed E-state index contributed by atoms with van der Waals surface area (Å²) in [5.41, 5.74) is 0.803. The molecule has 0 fully saturated rings. The van der Waals surface area contributed by atoms with E-state index in [1.165, 1.54) is 18.2 Å². The van der Waals surface area contributed by atoms with Crippen molar-refractivity contribution in [3.63, 3.8) is 0 Å². The van der Waals surface area contributed by atoms with E-state index in [-0.39, 0.29) is 11.3 Å². The van der Waals surface area contributed by atoms with Gasteiger partial charge in [0, 0.05) is 5.56 Å². The van der Waals surface area contributed by atoms with Crippen LogP contribution in [0.4, 0.5) is 4.39 Å². The zero-order chi connectivity index (χ0) is 14.8. The van der Waals surface area contributed by atoms with Gasteiger partial charge in [-0.15, -0.1) is 0 Å². The molecule has 0 heterocycles. The molecule has 104 valence electrons. The number of rotatable bonds is 4. The summed E-state index contributed by atoms with van der Waals surface area (Å²) in [4.78, 5) is 12.5. The molecule has 2 aromatic rings. The molecule has 4 heteroatoms. The van der Waals surface area contributed by atoms with E-state index in [0.717, 1.165) is 0 Å². The van der Waals surface area contributed by atoms with Crippen LogP contribution in [0.25, 0.3) is 0 Å². The van der Waals surface area contributed by atoms with Gasteiger partial charge in [0.2, 0.25) is 8.32 Å². The summed E-state index contributed by atoms with van der Waals surface area (Å²) in [6.07, 6.45) is 0. The summed E-state index contributed by atoms with van der Waals surface area (Å²) in [6.45, 7) is 6.06. The number of benzene rings is 2. The number of carbonyl (C=O) groups is 1. The second-order valence-corrected chi connectivity index (χ2v) is 9.98. The minimum Gasteiger partial charge on any atom is -0.544 e. The number of hydrogen-bond acceptors (Lipinski definition) is 2. The smallest absolute Gasteiger partial charge is 0.242 e. The van der Waals surface area contributed by atoms with Crippen molar-refractivity contribution in [3.8, 4) is 5.75 Å². The molecular weight excluding hydrogens is 271 g/mol. The van der Waals surface area contributed by atoms with Crippen LogP contribution in [0.2, 0.25) is 19.6 Å². The monoisotopic (exact) mass is 288 g/mol. The van der Waals surface area contributed by atoms with Gasteiger partial charge in [-0.3, -0.25) is 4.79 Å². The molecule has 2 aromatic carbocycles. The number of hydrogen-bond donors (Lipinski definition) is 0. The van der Waals surface area contributed by atoms with Crippen molar-refractivity contribution in [2.75, 3.05) is 0 Å². The van der Waals surface area contributed by atoms with Crippen LogP contribution in [-0.2, 0) is 0 Å². The zero-order valence-electron chi connectivity index (χ0n) is 11.8. The van der Waals surface area contributed by atoms with Gasteiger partial charge < -0.3 is 4.43 Å². The van der Waals surface area contributed by atoms with Crippen LogP contribution >= 0.6 is 0 Å². The van der Waals surface area contributed by atoms with Gasteiger partial charge in [0.1, 0.15) is 11.6 Å². The first-order valence-corrected chi connectivity index (χ1v) is 9.86. The molecule has 0 saturated heterocycles. The first kappa shape index (κ1) is 14.5. The molecule has 2 nitrogen and oxygen atoms in total. The lowest BCUT2D eigenvalue weighted by Crippen LogP contribution is -2.30. The molecule has 20 heavy (non-hydrogen) atoms. The standard InChI is InChI=1S/C16H17FO2Si/c1-20(2,3)19-15-10-9-13(17)11-14(15)16(18)12-7-5-4-6-8-12/h4-11H,1-3H3. The molecule has 0 aromatic heterocycles.